The second kappa shape index (κ2) is 5.09. The Morgan fingerprint density at radius 2 is 2.24 bits per heavy atom. The van der Waals surface area contributed by atoms with Gasteiger partial charge in [-0.2, -0.15) is 0 Å². The third kappa shape index (κ3) is 2.56. The van der Waals surface area contributed by atoms with Gasteiger partial charge in [0, 0.05) is 23.5 Å². The molecule has 1 aromatic heterocycles. The van der Waals surface area contributed by atoms with Gasteiger partial charge < -0.3 is 5.73 Å². The smallest absolute Gasteiger partial charge is 0.0338 e. The summed E-state index contributed by atoms with van der Waals surface area (Å²) in [7, 11) is 2.23. The lowest BCUT2D eigenvalue weighted by Gasteiger charge is -2.54. The predicted molar refractivity (Wildman–Crippen MR) is 75.1 cm³/mol. The van der Waals surface area contributed by atoms with Crippen LogP contribution in [0.1, 0.15) is 31.6 Å². The van der Waals surface area contributed by atoms with Crippen molar-refractivity contribution in [2.75, 3.05) is 13.6 Å². The third-order valence-electron chi connectivity index (χ3n) is 4.39. The number of thiophene rings is 1. The van der Waals surface area contributed by atoms with Crippen molar-refractivity contribution in [1.29, 1.82) is 0 Å². The first-order chi connectivity index (χ1) is 8.07. The van der Waals surface area contributed by atoms with Crippen LogP contribution in [0, 0.1) is 11.8 Å². The van der Waals surface area contributed by atoms with Crippen LogP contribution in [0.4, 0.5) is 0 Å². The van der Waals surface area contributed by atoms with E-state index in [0.29, 0.717) is 0 Å². The molecule has 17 heavy (non-hydrogen) atoms. The molecule has 0 bridgehead atoms. The van der Waals surface area contributed by atoms with Crippen LogP contribution < -0.4 is 5.73 Å². The van der Waals surface area contributed by atoms with Gasteiger partial charge in [-0.25, -0.2) is 0 Å². The van der Waals surface area contributed by atoms with Gasteiger partial charge in [-0.1, -0.05) is 19.9 Å². The topological polar surface area (TPSA) is 29.3 Å². The molecule has 0 saturated heterocycles. The Morgan fingerprint density at radius 3 is 2.71 bits per heavy atom. The summed E-state index contributed by atoms with van der Waals surface area (Å²) < 4.78 is 0. The summed E-state index contributed by atoms with van der Waals surface area (Å²) in [5, 5.41) is 2.15. The van der Waals surface area contributed by atoms with Gasteiger partial charge in [0.05, 0.1) is 0 Å². The molecule has 0 aromatic carbocycles. The molecule has 1 fully saturated rings. The predicted octanol–water partition coefficient (Wildman–Crippen LogP) is 2.94. The van der Waals surface area contributed by atoms with Crippen molar-refractivity contribution < 1.29 is 0 Å². The van der Waals surface area contributed by atoms with Crippen LogP contribution >= 0.6 is 11.3 Å². The van der Waals surface area contributed by atoms with Crippen molar-refractivity contribution in [3.05, 3.63) is 22.4 Å². The van der Waals surface area contributed by atoms with E-state index in [9.17, 15) is 0 Å². The molecule has 0 aliphatic heterocycles. The van der Waals surface area contributed by atoms with Crippen molar-refractivity contribution in [3.8, 4) is 0 Å². The van der Waals surface area contributed by atoms with Gasteiger partial charge in [-0.15, -0.1) is 11.3 Å². The van der Waals surface area contributed by atoms with Crippen LogP contribution in [0.3, 0.4) is 0 Å². The molecule has 1 heterocycles. The van der Waals surface area contributed by atoms with E-state index in [0.717, 1.165) is 24.9 Å². The maximum absolute atomic E-state index is 6.02. The SMILES string of the molecule is CC(C)C1CC(CN)(N(C)Cc2cccs2)C1. The number of nitrogens with two attached hydrogens (primary N) is 1. The monoisotopic (exact) mass is 252 g/mol. The standard InChI is InChI=1S/C14H24N2S/c1-11(2)12-7-14(8-12,10-15)16(3)9-13-5-4-6-17-13/h4-6,11-12H,7-10,15H2,1-3H3. The van der Waals surface area contributed by atoms with Crippen molar-refractivity contribution in [1.82, 2.24) is 4.90 Å². The number of likely N-dealkylation sites (N-methyl/N-ethyl adjacent to an activating group) is 1. The van der Waals surface area contributed by atoms with Gasteiger partial charge in [0.25, 0.3) is 0 Å². The number of hydrogen-bond acceptors (Lipinski definition) is 3. The molecule has 1 aliphatic rings. The summed E-state index contributed by atoms with van der Waals surface area (Å²) in [5.74, 6) is 1.66. The number of hydrogen-bond donors (Lipinski definition) is 1. The zero-order valence-electron chi connectivity index (χ0n) is 11.1. The van der Waals surface area contributed by atoms with E-state index in [2.05, 4.69) is 43.3 Å². The first kappa shape index (κ1) is 13.1. The second-order valence-corrected chi connectivity index (χ2v) is 6.81. The zero-order chi connectivity index (χ0) is 12.5. The van der Waals surface area contributed by atoms with Crippen LogP contribution in [-0.4, -0.2) is 24.0 Å². The first-order valence-electron chi connectivity index (χ1n) is 6.51. The number of nitrogens with zero attached hydrogens (tertiary/aromatic N) is 1. The van der Waals surface area contributed by atoms with Gasteiger partial charge in [-0.05, 0) is 43.2 Å². The molecule has 0 atom stereocenters. The Hall–Kier alpha value is -0.380. The quantitative estimate of drug-likeness (QED) is 0.873. The van der Waals surface area contributed by atoms with Crippen molar-refractivity contribution in [2.45, 2.75) is 38.8 Å². The van der Waals surface area contributed by atoms with E-state index < -0.39 is 0 Å². The minimum Gasteiger partial charge on any atom is -0.329 e. The highest BCUT2D eigenvalue weighted by Crippen LogP contribution is 2.45. The first-order valence-corrected chi connectivity index (χ1v) is 7.39. The molecule has 1 aliphatic carbocycles. The van der Waals surface area contributed by atoms with Crippen LogP contribution in [-0.2, 0) is 6.54 Å². The van der Waals surface area contributed by atoms with Gasteiger partial charge in [-0.3, -0.25) is 4.90 Å². The van der Waals surface area contributed by atoms with E-state index in [4.69, 9.17) is 5.73 Å². The van der Waals surface area contributed by atoms with Gasteiger partial charge >= 0.3 is 0 Å². The summed E-state index contributed by atoms with van der Waals surface area (Å²) in [4.78, 5) is 3.91. The average molecular weight is 252 g/mol. The van der Waals surface area contributed by atoms with E-state index in [1.165, 1.54) is 17.7 Å². The Morgan fingerprint density at radius 1 is 1.53 bits per heavy atom. The second-order valence-electron chi connectivity index (χ2n) is 5.78. The molecule has 2 rings (SSSR count). The highest BCUT2D eigenvalue weighted by atomic mass is 32.1. The van der Waals surface area contributed by atoms with E-state index in [1.807, 2.05) is 11.3 Å². The highest BCUT2D eigenvalue weighted by molar-refractivity contribution is 7.09. The third-order valence-corrected chi connectivity index (χ3v) is 5.25. The summed E-state index contributed by atoms with van der Waals surface area (Å²) >= 11 is 1.84. The lowest BCUT2D eigenvalue weighted by molar-refractivity contribution is -0.0238. The average Bonchev–Trinajstić information content (AvgIpc) is 2.69. The molecular weight excluding hydrogens is 228 g/mol. The van der Waals surface area contributed by atoms with E-state index >= 15 is 0 Å². The van der Waals surface area contributed by atoms with Crippen molar-refractivity contribution in [2.24, 2.45) is 17.6 Å². The molecule has 0 spiro atoms. The maximum atomic E-state index is 6.02. The molecule has 2 nitrogen and oxygen atoms in total. The summed E-state index contributed by atoms with van der Waals surface area (Å²) in [6.45, 7) is 6.48. The van der Waals surface area contributed by atoms with Gasteiger partial charge in [0.15, 0.2) is 0 Å². The maximum Gasteiger partial charge on any atom is 0.0338 e. The van der Waals surface area contributed by atoms with Gasteiger partial charge in [0.2, 0.25) is 0 Å². The minimum atomic E-state index is 0.263. The van der Waals surface area contributed by atoms with Gasteiger partial charge in [0.1, 0.15) is 0 Å². The molecule has 1 saturated carbocycles. The minimum absolute atomic E-state index is 0.263. The Labute approximate surface area is 109 Å². The summed E-state index contributed by atoms with van der Waals surface area (Å²) in [5.41, 5.74) is 6.29. The fourth-order valence-corrected chi connectivity index (χ4v) is 3.58. The molecule has 3 heteroatoms. The Bertz CT molecular complexity index is 339. The Balaban J connectivity index is 1.95. The summed E-state index contributed by atoms with van der Waals surface area (Å²) in [6, 6.07) is 4.34. The molecule has 0 unspecified atom stereocenters. The van der Waals surface area contributed by atoms with Crippen molar-refractivity contribution >= 4 is 11.3 Å². The Kier molecular flexibility index (Phi) is 3.91. The highest BCUT2D eigenvalue weighted by Gasteiger charge is 2.46. The molecular formula is C14H24N2S. The van der Waals surface area contributed by atoms with Crippen LogP contribution in [0.15, 0.2) is 17.5 Å². The lowest BCUT2D eigenvalue weighted by atomic mass is 9.63. The van der Waals surface area contributed by atoms with E-state index in [1.54, 1.807) is 0 Å². The number of rotatable bonds is 5. The molecule has 2 N–H and O–H groups in total. The molecule has 0 radical (unpaired) electrons. The largest absolute Gasteiger partial charge is 0.329 e. The van der Waals surface area contributed by atoms with Crippen LogP contribution in [0.2, 0.25) is 0 Å². The molecule has 96 valence electrons. The van der Waals surface area contributed by atoms with Crippen LogP contribution in [0.5, 0.6) is 0 Å². The fourth-order valence-electron chi connectivity index (χ4n) is 2.83. The van der Waals surface area contributed by atoms with Crippen LogP contribution in [0.25, 0.3) is 0 Å². The summed E-state index contributed by atoms with van der Waals surface area (Å²) in [6.07, 6.45) is 2.53. The van der Waals surface area contributed by atoms with Crippen molar-refractivity contribution in [3.63, 3.8) is 0 Å². The fraction of sp³-hybridized carbons (Fsp3) is 0.714. The lowest BCUT2D eigenvalue weighted by Crippen LogP contribution is -2.60. The normalized spacial score (nSPS) is 28.7. The molecule has 1 aromatic rings. The molecule has 0 amide bonds. The zero-order valence-corrected chi connectivity index (χ0v) is 12.0. The van der Waals surface area contributed by atoms with E-state index in [-0.39, 0.29) is 5.54 Å².